The van der Waals surface area contributed by atoms with Crippen molar-refractivity contribution >= 4 is 47.2 Å². The number of ether oxygens (including phenoxy) is 3. The maximum Gasteiger partial charge on any atom is 0.193 e. The van der Waals surface area contributed by atoms with Gasteiger partial charge in [0, 0.05) is 29.7 Å². The summed E-state index contributed by atoms with van der Waals surface area (Å²) in [7, 11) is 3.22. The molecule has 1 heterocycles. The van der Waals surface area contributed by atoms with Gasteiger partial charge in [0.2, 0.25) is 0 Å². The highest BCUT2D eigenvalue weighted by molar-refractivity contribution is 14.0. The average Bonchev–Trinajstić information content (AvgIpc) is 2.73. The van der Waals surface area contributed by atoms with Gasteiger partial charge in [0.05, 0.1) is 26.5 Å². The van der Waals surface area contributed by atoms with Crippen molar-refractivity contribution in [2.75, 3.05) is 39.3 Å². The van der Waals surface area contributed by atoms with Crippen molar-refractivity contribution in [3.8, 4) is 11.5 Å². The number of hydrogen-bond acceptors (Lipinski definition) is 4. The molecule has 0 saturated carbocycles. The first-order valence-electron chi connectivity index (χ1n) is 9.19. The molecule has 0 amide bonds. The number of benzene rings is 2. The molecule has 0 aliphatic carbocycles. The van der Waals surface area contributed by atoms with Crippen molar-refractivity contribution in [2.24, 2.45) is 10.7 Å². The molecule has 1 saturated heterocycles. The fraction of sp³-hybridized carbons (Fsp3) is 0.381. The van der Waals surface area contributed by atoms with Gasteiger partial charge in [0.25, 0.3) is 0 Å². The van der Waals surface area contributed by atoms with Gasteiger partial charge in [-0.2, -0.15) is 0 Å². The third-order valence-electron chi connectivity index (χ3n) is 5.11. The first-order chi connectivity index (χ1) is 13.6. The van der Waals surface area contributed by atoms with Crippen LogP contribution in [0.25, 0.3) is 0 Å². The number of rotatable bonds is 6. The van der Waals surface area contributed by atoms with Crippen LogP contribution in [0.5, 0.6) is 11.5 Å². The lowest BCUT2D eigenvalue weighted by Gasteiger charge is -2.36. The fourth-order valence-corrected chi connectivity index (χ4v) is 3.63. The van der Waals surface area contributed by atoms with E-state index in [2.05, 4.69) is 16.4 Å². The van der Waals surface area contributed by atoms with E-state index in [0.717, 1.165) is 17.9 Å². The lowest BCUT2D eigenvalue weighted by Crippen LogP contribution is -2.38. The summed E-state index contributed by atoms with van der Waals surface area (Å²) in [6, 6.07) is 13.4. The first-order valence-corrected chi connectivity index (χ1v) is 9.57. The topological polar surface area (TPSA) is 78.1 Å². The Morgan fingerprint density at radius 3 is 2.59 bits per heavy atom. The minimum atomic E-state index is -0.145. The first kappa shape index (κ1) is 23.6. The highest BCUT2D eigenvalue weighted by Crippen LogP contribution is 2.36. The summed E-state index contributed by atoms with van der Waals surface area (Å²) < 4.78 is 16.2. The molecule has 2 aromatic carbocycles. The van der Waals surface area contributed by atoms with Crippen LogP contribution in [-0.2, 0) is 10.2 Å². The molecule has 2 aromatic rings. The second kappa shape index (κ2) is 10.9. The second-order valence-electron chi connectivity index (χ2n) is 6.80. The summed E-state index contributed by atoms with van der Waals surface area (Å²) >= 11 is 6.23. The number of nitrogens with one attached hydrogen (secondary N) is 1. The van der Waals surface area contributed by atoms with Gasteiger partial charge in [-0.3, -0.25) is 4.99 Å². The monoisotopic (exact) mass is 531 g/mol. The summed E-state index contributed by atoms with van der Waals surface area (Å²) in [5.74, 6) is 1.69. The third kappa shape index (κ3) is 5.90. The van der Waals surface area contributed by atoms with Crippen molar-refractivity contribution < 1.29 is 14.2 Å². The number of nitrogens with zero attached hydrogens (tertiary/aromatic N) is 1. The van der Waals surface area contributed by atoms with Crippen LogP contribution in [0, 0.1) is 0 Å². The number of anilines is 1. The van der Waals surface area contributed by atoms with E-state index >= 15 is 0 Å². The van der Waals surface area contributed by atoms with E-state index in [1.807, 2.05) is 36.4 Å². The normalized spacial score (nSPS) is 15.9. The standard InChI is InChI=1S/C21H26ClN3O3.HI/c1-26-17-6-7-19(27-2)18(13-17)25-20(23)24-14-21(8-10-28-11-9-21)15-4-3-5-16(22)12-15;/h3-7,12-13H,8-11,14H2,1-2H3,(H3,23,24,25);1H. The zero-order chi connectivity index (χ0) is 20.0. The molecule has 29 heavy (non-hydrogen) atoms. The van der Waals surface area contributed by atoms with Crippen molar-refractivity contribution in [3.63, 3.8) is 0 Å². The van der Waals surface area contributed by atoms with Gasteiger partial charge >= 0.3 is 0 Å². The smallest absolute Gasteiger partial charge is 0.193 e. The summed E-state index contributed by atoms with van der Waals surface area (Å²) in [6.45, 7) is 1.93. The summed E-state index contributed by atoms with van der Waals surface area (Å²) in [5.41, 5.74) is 7.91. The zero-order valence-corrected chi connectivity index (χ0v) is 19.7. The summed E-state index contributed by atoms with van der Waals surface area (Å²) in [5, 5.41) is 3.84. The van der Waals surface area contributed by atoms with Crippen LogP contribution in [0.2, 0.25) is 5.02 Å². The molecule has 1 aliphatic heterocycles. The van der Waals surface area contributed by atoms with Crippen molar-refractivity contribution in [3.05, 3.63) is 53.1 Å². The van der Waals surface area contributed by atoms with E-state index in [1.165, 1.54) is 5.56 Å². The maximum absolute atomic E-state index is 6.23. The molecule has 3 rings (SSSR count). The average molecular weight is 532 g/mol. The van der Waals surface area contributed by atoms with Crippen LogP contribution in [0.4, 0.5) is 5.69 Å². The Kier molecular flexibility index (Phi) is 8.85. The number of halogens is 2. The van der Waals surface area contributed by atoms with Gasteiger partial charge < -0.3 is 25.3 Å². The van der Waals surface area contributed by atoms with E-state index in [4.69, 9.17) is 31.5 Å². The summed E-state index contributed by atoms with van der Waals surface area (Å²) in [6.07, 6.45) is 1.74. The molecule has 0 spiro atoms. The molecule has 0 unspecified atom stereocenters. The number of guanidine groups is 1. The summed E-state index contributed by atoms with van der Waals surface area (Å²) in [4.78, 5) is 4.64. The van der Waals surface area contributed by atoms with Crippen LogP contribution < -0.4 is 20.5 Å². The molecule has 1 aliphatic rings. The molecule has 0 aromatic heterocycles. The van der Waals surface area contributed by atoms with Gasteiger partial charge in [-0.05, 0) is 42.7 Å². The van der Waals surface area contributed by atoms with E-state index in [9.17, 15) is 0 Å². The number of methoxy groups -OCH3 is 2. The van der Waals surface area contributed by atoms with E-state index in [-0.39, 0.29) is 29.4 Å². The zero-order valence-electron chi connectivity index (χ0n) is 16.6. The van der Waals surface area contributed by atoms with Crippen molar-refractivity contribution in [2.45, 2.75) is 18.3 Å². The largest absolute Gasteiger partial charge is 0.497 e. The lowest BCUT2D eigenvalue weighted by molar-refractivity contribution is 0.0531. The fourth-order valence-electron chi connectivity index (χ4n) is 3.44. The second-order valence-corrected chi connectivity index (χ2v) is 7.23. The minimum absolute atomic E-state index is 0. The minimum Gasteiger partial charge on any atom is -0.497 e. The van der Waals surface area contributed by atoms with Crippen LogP contribution >= 0.6 is 35.6 Å². The maximum atomic E-state index is 6.23. The molecule has 158 valence electrons. The van der Waals surface area contributed by atoms with Gasteiger partial charge in [0.15, 0.2) is 5.96 Å². The van der Waals surface area contributed by atoms with Gasteiger partial charge in [-0.1, -0.05) is 23.7 Å². The quantitative estimate of drug-likeness (QED) is 0.327. The highest BCUT2D eigenvalue weighted by Gasteiger charge is 2.34. The Bertz CT molecular complexity index is 842. The number of nitrogens with two attached hydrogens (primary N) is 1. The van der Waals surface area contributed by atoms with E-state index < -0.39 is 0 Å². The van der Waals surface area contributed by atoms with Gasteiger partial charge in [0.1, 0.15) is 11.5 Å². The van der Waals surface area contributed by atoms with Crippen LogP contribution in [0.3, 0.4) is 0 Å². The number of aliphatic imine (C=N–C) groups is 1. The molecule has 8 heteroatoms. The van der Waals surface area contributed by atoms with Gasteiger partial charge in [-0.15, -0.1) is 24.0 Å². The SMILES string of the molecule is COc1ccc(OC)c(NC(N)=NCC2(c3cccc(Cl)c3)CCOCC2)c1.I. The Balaban J connectivity index is 0.00000300. The van der Waals surface area contributed by atoms with E-state index in [1.54, 1.807) is 14.2 Å². The molecule has 1 fully saturated rings. The van der Waals surface area contributed by atoms with E-state index in [0.29, 0.717) is 42.9 Å². The molecular weight excluding hydrogens is 505 g/mol. The van der Waals surface area contributed by atoms with Crippen molar-refractivity contribution in [1.82, 2.24) is 0 Å². The predicted molar refractivity (Wildman–Crippen MR) is 128 cm³/mol. The number of hydrogen-bond donors (Lipinski definition) is 2. The molecule has 0 bridgehead atoms. The molecule has 0 atom stereocenters. The Labute approximate surface area is 193 Å². The third-order valence-corrected chi connectivity index (χ3v) is 5.34. The van der Waals surface area contributed by atoms with Gasteiger partial charge in [-0.25, -0.2) is 0 Å². The predicted octanol–water partition coefficient (Wildman–Crippen LogP) is 4.45. The molecule has 3 N–H and O–H groups in total. The molecular formula is C21H27ClIN3O3. The van der Waals surface area contributed by atoms with Crippen LogP contribution in [-0.4, -0.2) is 39.9 Å². The Morgan fingerprint density at radius 2 is 1.93 bits per heavy atom. The molecule has 6 nitrogen and oxygen atoms in total. The Morgan fingerprint density at radius 1 is 1.17 bits per heavy atom. The molecule has 0 radical (unpaired) electrons. The van der Waals surface area contributed by atoms with Crippen LogP contribution in [0.1, 0.15) is 18.4 Å². The Hall–Kier alpha value is -1.71. The van der Waals surface area contributed by atoms with Crippen LogP contribution in [0.15, 0.2) is 47.5 Å². The van der Waals surface area contributed by atoms with Crippen molar-refractivity contribution in [1.29, 1.82) is 0 Å². The lowest BCUT2D eigenvalue weighted by atomic mass is 9.74. The highest BCUT2D eigenvalue weighted by atomic mass is 127.